The number of carbonyl (C=O) groups is 1. The number of aromatic hydroxyl groups is 1. The lowest BCUT2D eigenvalue weighted by Gasteiger charge is -2.10. The van der Waals surface area contributed by atoms with Crippen LogP contribution in [0.5, 0.6) is 5.75 Å². The number of carbonyl (C=O) groups excluding carboxylic acids is 1. The van der Waals surface area contributed by atoms with Gasteiger partial charge in [0.15, 0.2) is 9.84 Å². The SMILES string of the molecule is CCS(=O)(=O)c1ccc(O)c(NC(=O)c2ccc(Cn3cccn3)cc2)c1. The van der Waals surface area contributed by atoms with Crippen LogP contribution in [0.15, 0.2) is 65.8 Å². The molecule has 0 spiro atoms. The van der Waals surface area contributed by atoms with E-state index in [-0.39, 0.29) is 22.1 Å². The van der Waals surface area contributed by atoms with E-state index in [9.17, 15) is 18.3 Å². The number of nitrogens with one attached hydrogen (secondary N) is 1. The zero-order valence-electron chi connectivity index (χ0n) is 14.7. The highest BCUT2D eigenvalue weighted by molar-refractivity contribution is 7.91. The number of benzene rings is 2. The Bertz CT molecular complexity index is 1040. The Hall–Kier alpha value is -3.13. The molecule has 2 N–H and O–H groups in total. The predicted octanol–water partition coefficient (Wildman–Crippen LogP) is 2.68. The molecule has 0 fully saturated rings. The molecule has 3 rings (SSSR count). The standard InChI is InChI=1S/C19H19N3O4S/c1-2-27(25,26)16-8-9-18(23)17(12-16)21-19(24)15-6-4-14(5-7-15)13-22-11-3-10-20-22/h3-12,23H,2,13H2,1H3,(H,21,24). The highest BCUT2D eigenvalue weighted by Crippen LogP contribution is 2.27. The molecule has 0 bridgehead atoms. The quantitative estimate of drug-likeness (QED) is 0.635. The first-order valence-electron chi connectivity index (χ1n) is 8.32. The lowest BCUT2D eigenvalue weighted by atomic mass is 10.1. The van der Waals surface area contributed by atoms with Crippen molar-refractivity contribution in [2.45, 2.75) is 18.4 Å². The fourth-order valence-electron chi connectivity index (χ4n) is 2.51. The van der Waals surface area contributed by atoms with Crippen molar-refractivity contribution in [2.75, 3.05) is 11.1 Å². The van der Waals surface area contributed by atoms with E-state index in [2.05, 4.69) is 10.4 Å². The zero-order chi connectivity index (χ0) is 19.4. The van der Waals surface area contributed by atoms with Gasteiger partial charge in [0.2, 0.25) is 0 Å². The second kappa shape index (κ2) is 7.63. The van der Waals surface area contributed by atoms with E-state index in [1.165, 1.54) is 25.1 Å². The highest BCUT2D eigenvalue weighted by Gasteiger charge is 2.16. The van der Waals surface area contributed by atoms with Crippen molar-refractivity contribution >= 4 is 21.4 Å². The second-order valence-electron chi connectivity index (χ2n) is 5.94. The van der Waals surface area contributed by atoms with Gasteiger partial charge in [0.05, 0.1) is 22.9 Å². The number of aromatic nitrogens is 2. The Morgan fingerprint density at radius 1 is 1.19 bits per heavy atom. The molecule has 0 atom stereocenters. The second-order valence-corrected chi connectivity index (χ2v) is 8.22. The third kappa shape index (κ3) is 4.35. The van der Waals surface area contributed by atoms with Gasteiger partial charge in [0, 0.05) is 18.0 Å². The van der Waals surface area contributed by atoms with Crippen LogP contribution in [0.2, 0.25) is 0 Å². The number of amides is 1. The monoisotopic (exact) mass is 385 g/mol. The molecular weight excluding hydrogens is 366 g/mol. The van der Waals surface area contributed by atoms with E-state index in [1.54, 1.807) is 23.0 Å². The van der Waals surface area contributed by atoms with Crippen LogP contribution in [0.3, 0.4) is 0 Å². The van der Waals surface area contributed by atoms with Gasteiger partial charge in [-0.2, -0.15) is 5.10 Å². The summed E-state index contributed by atoms with van der Waals surface area (Å²) in [5.41, 5.74) is 1.42. The Morgan fingerprint density at radius 3 is 2.56 bits per heavy atom. The summed E-state index contributed by atoms with van der Waals surface area (Å²) in [6.45, 7) is 2.12. The summed E-state index contributed by atoms with van der Waals surface area (Å²) in [4.78, 5) is 12.5. The maximum absolute atomic E-state index is 12.4. The van der Waals surface area contributed by atoms with Crippen LogP contribution in [0, 0.1) is 0 Å². The summed E-state index contributed by atoms with van der Waals surface area (Å²) in [5.74, 6) is -0.709. The van der Waals surface area contributed by atoms with Crippen LogP contribution in [0.1, 0.15) is 22.8 Å². The third-order valence-corrected chi connectivity index (χ3v) is 5.81. The molecule has 1 heterocycles. The molecule has 0 saturated carbocycles. The fraction of sp³-hybridized carbons (Fsp3) is 0.158. The highest BCUT2D eigenvalue weighted by atomic mass is 32.2. The van der Waals surface area contributed by atoms with Gasteiger partial charge >= 0.3 is 0 Å². The first-order valence-corrected chi connectivity index (χ1v) is 9.98. The number of phenolic OH excluding ortho intramolecular Hbond substituents is 1. The number of nitrogens with zero attached hydrogens (tertiary/aromatic N) is 2. The van der Waals surface area contributed by atoms with Gasteiger partial charge in [-0.15, -0.1) is 0 Å². The smallest absolute Gasteiger partial charge is 0.255 e. The number of anilines is 1. The van der Waals surface area contributed by atoms with Crippen LogP contribution in [0.4, 0.5) is 5.69 Å². The molecule has 1 aromatic heterocycles. The van der Waals surface area contributed by atoms with Gasteiger partial charge in [-0.3, -0.25) is 9.48 Å². The molecule has 8 heteroatoms. The summed E-state index contributed by atoms with van der Waals surface area (Å²) < 4.78 is 25.7. The van der Waals surface area contributed by atoms with Crippen molar-refractivity contribution in [1.82, 2.24) is 9.78 Å². The number of phenols is 1. The van der Waals surface area contributed by atoms with Gasteiger partial charge in [-0.1, -0.05) is 19.1 Å². The average molecular weight is 385 g/mol. The Labute approximate surface area is 157 Å². The van der Waals surface area contributed by atoms with E-state index in [0.29, 0.717) is 12.1 Å². The molecule has 0 aliphatic carbocycles. The van der Waals surface area contributed by atoms with E-state index >= 15 is 0 Å². The van der Waals surface area contributed by atoms with Crippen molar-refractivity contribution in [1.29, 1.82) is 0 Å². The minimum absolute atomic E-state index is 0.0488. The van der Waals surface area contributed by atoms with Crippen LogP contribution in [-0.2, 0) is 16.4 Å². The minimum Gasteiger partial charge on any atom is -0.506 e. The summed E-state index contributed by atoms with van der Waals surface area (Å²) in [6.07, 6.45) is 3.54. The van der Waals surface area contributed by atoms with E-state index < -0.39 is 15.7 Å². The Balaban J connectivity index is 1.76. The summed E-state index contributed by atoms with van der Waals surface area (Å²) in [7, 11) is -3.44. The van der Waals surface area contributed by atoms with E-state index in [4.69, 9.17) is 0 Å². The van der Waals surface area contributed by atoms with Gasteiger partial charge in [0.1, 0.15) is 5.75 Å². The molecule has 2 aromatic carbocycles. The molecule has 140 valence electrons. The molecule has 0 saturated heterocycles. The average Bonchev–Trinajstić information content (AvgIpc) is 3.17. The first-order chi connectivity index (χ1) is 12.9. The van der Waals surface area contributed by atoms with Crippen LogP contribution in [0.25, 0.3) is 0 Å². The maximum Gasteiger partial charge on any atom is 0.255 e. The van der Waals surface area contributed by atoms with E-state index in [1.807, 2.05) is 24.4 Å². The summed E-state index contributed by atoms with van der Waals surface area (Å²) in [6, 6.07) is 12.6. The lowest BCUT2D eigenvalue weighted by molar-refractivity contribution is 0.102. The van der Waals surface area contributed by atoms with Crippen molar-refractivity contribution in [3.8, 4) is 5.75 Å². The molecule has 7 nitrogen and oxygen atoms in total. The van der Waals surface area contributed by atoms with E-state index in [0.717, 1.165) is 5.56 Å². The number of sulfone groups is 1. The van der Waals surface area contributed by atoms with Gasteiger partial charge in [-0.05, 0) is 42.0 Å². The normalized spacial score (nSPS) is 11.3. The van der Waals surface area contributed by atoms with Crippen molar-refractivity contribution in [3.05, 3.63) is 72.1 Å². The molecule has 0 unspecified atom stereocenters. The topological polar surface area (TPSA) is 101 Å². The molecule has 3 aromatic rings. The molecule has 0 radical (unpaired) electrons. The maximum atomic E-state index is 12.4. The van der Waals surface area contributed by atoms with Gasteiger partial charge in [-0.25, -0.2) is 8.42 Å². The van der Waals surface area contributed by atoms with Gasteiger partial charge < -0.3 is 10.4 Å². The minimum atomic E-state index is -3.44. The first kappa shape index (κ1) is 18.7. The Morgan fingerprint density at radius 2 is 1.93 bits per heavy atom. The predicted molar refractivity (Wildman–Crippen MR) is 102 cm³/mol. The van der Waals surface area contributed by atoms with Crippen molar-refractivity contribution in [3.63, 3.8) is 0 Å². The largest absolute Gasteiger partial charge is 0.506 e. The van der Waals surface area contributed by atoms with Crippen molar-refractivity contribution < 1.29 is 18.3 Å². The lowest BCUT2D eigenvalue weighted by Crippen LogP contribution is -2.13. The summed E-state index contributed by atoms with van der Waals surface area (Å²) >= 11 is 0. The van der Waals surface area contributed by atoms with Crippen LogP contribution >= 0.6 is 0 Å². The number of rotatable bonds is 6. The van der Waals surface area contributed by atoms with Gasteiger partial charge in [0.25, 0.3) is 5.91 Å². The van der Waals surface area contributed by atoms with Crippen molar-refractivity contribution in [2.24, 2.45) is 0 Å². The molecule has 1 amide bonds. The van der Waals surface area contributed by atoms with Crippen LogP contribution in [-0.4, -0.2) is 35.0 Å². The summed E-state index contributed by atoms with van der Waals surface area (Å²) in [5, 5.41) is 16.6. The van der Waals surface area contributed by atoms with Crippen LogP contribution < -0.4 is 5.32 Å². The zero-order valence-corrected chi connectivity index (χ0v) is 15.5. The molecule has 27 heavy (non-hydrogen) atoms. The molecule has 0 aliphatic rings. The Kier molecular flexibility index (Phi) is 5.27. The molecule has 0 aliphatic heterocycles. The molecular formula is C19H19N3O4S. The third-order valence-electron chi connectivity index (χ3n) is 4.08. The number of hydrogen-bond donors (Lipinski definition) is 2. The fourth-order valence-corrected chi connectivity index (χ4v) is 3.42. The number of hydrogen-bond acceptors (Lipinski definition) is 5.